The van der Waals surface area contributed by atoms with Gasteiger partial charge in [0, 0.05) is 26.1 Å². The van der Waals surface area contributed by atoms with Crippen molar-refractivity contribution in [2.75, 3.05) is 19.6 Å². The Balaban J connectivity index is 1.32. The maximum Gasteiger partial charge on any atom is 0.123 e. The average Bonchev–Trinajstić information content (AvgIpc) is 3.10. The van der Waals surface area contributed by atoms with E-state index in [9.17, 15) is 14.6 Å². The summed E-state index contributed by atoms with van der Waals surface area (Å²) in [6.45, 7) is 2.40. The van der Waals surface area contributed by atoms with Crippen LogP contribution in [0.25, 0.3) is 0 Å². The molecule has 4 rings (SSSR count). The minimum absolute atomic E-state index is 0.283. The quantitative estimate of drug-likeness (QED) is 0.866. The van der Waals surface area contributed by atoms with Crippen molar-refractivity contribution in [2.24, 2.45) is 11.8 Å². The fourth-order valence-electron chi connectivity index (χ4n) is 4.86. The number of nitrogens with zero attached hydrogens (tertiary/aromatic N) is 1. The average molecular weight is 355 g/mol. The molecule has 0 aromatic heterocycles. The molecule has 2 fully saturated rings. The third kappa shape index (κ3) is 3.83. The van der Waals surface area contributed by atoms with E-state index in [-0.39, 0.29) is 5.82 Å². The minimum Gasteiger partial charge on any atom is -0.390 e. The van der Waals surface area contributed by atoms with Crippen LogP contribution < -0.4 is 0 Å². The van der Waals surface area contributed by atoms with E-state index in [0.717, 1.165) is 37.9 Å². The van der Waals surface area contributed by atoms with Crippen LogP contribution in [0.1, 0.15) is 30.1 Å². The third-order valence-electron chi connectivity index (χ3n) is 6.00. The molecule has 0 bridgehead atoms. The summed E-state index contributed by atoms with van der Waals surface area (Å²) in [4.78, 5) is 2.28. The highest BCUT2D eigenvalue weighted by atomic mass is 19.1. The van der Waals surface area contributed by atoms with Crippen LogP contribution >= 0.6 is 0 Å². The Morgan fingerprint density at radius 1 is 1.00 bits per heavy atom. The SMILES string of the molecule is OC(CN1C[C@@H]2C[C@@](O)(Cc3ccccc3)C[C@@H]2C1)c1ccc(F)cc1. The number of β-amino-alcohol motifs (C(OH)–C–C–N with tert-alkyl or cyclic N) is 1. The van der Waals surface area contributed by atoms with E-state index in [0.29, 0.717) is 18.4 Å². The zero-order chi connectivity index (χ0) is 18.1. The smallest absolute Gasteiger partial charge is 0.123 e. The molecule has 1 aliphatic heterocycles. The second-order valence-electron chi connectivity index (χ2n) is 8.10. The van der Waals surface area contributed by atoms with Gasteiger partial charge in [0.25, 0.3) is 0 Å². The Morgan fingerprint density at radius 2 is 1.62 bits per heavy atom. The van der Waals surface area contributed by atoms with Gasteiger partial charge in [-0.15, -0.1) is 0 Å². The molecule has 2 N–H and O–H groups in total. The first kappa shape index (κ1) is 17.7. The van der Waals surface area contributed by atoms with Crippen molar-refractivity contribution in [1.82, 2.24) is 4.90 Å². The minimum atomic E-state index is -0.599. The molecule has 2 aromatic rings. The molecule has 1 unspecified atom stereocenters. The van der Waals surface area contributed by atoms with Gasteiger partial charge in [-0.1, -0.05) is 42.5 Å². The number of benzene rings is 2. The van der Waals surface area contributed by atoms with E-state index in [1.807, 2.05) is 18.2 Å². The first-order valence-electron chi connectivity index (χ1n) is 9.43. The summed E-state index contributed by atoms with van der Waals surface area (Å²) in [6, 6.07) is 16.3. The van der Waals surface area contributed by atoms with Crippen molar-refractivity contribution in [3.8, 4) is 0 Å². The number of halogens is 1. The maximum absolute atomic E-state index is 13.0. The molecule has 1 saturated heterocycles. The number of fused-ring (bicyclic) bond motifs is 1. The van der Waals surface area contributed by atoms with Gasteiger partial charge in [0.1, 0.15) is 5.82 Å². The van der Waals surface area contributed by atoms with Crippen molar-refractivity contribution in [3.05, 3.63) is 71.5 Å². The molecule has 4 heteroatoms. The summed E-state index contributed by atoms with van der Waals surface area (Å²) in [5.41, 5.74) is 1.35. The topological polar surface area (TPSA) is 43.7 Å². The number of likely N-dealkylation sites (tertiary alicyclic amines) is 1. The predicted octanol–water partition coefficient (Wildman–Crippen LogP) is 3.17. The molecule has 0 radical (unpaired) electrons. The highest BCUT2D eigenvalue weighted by molar-refractivity contribution is 5.20. The predicted molar refractivity (Wildman–Crippen MR) is 99.1 cm³/mol. The fraction of sp³-hybridized carbons (Fsp3) is 0.455. The van der Waals surface area contributed by atoms with Crippen LogP contribution in [0.15, 0.2) is 54.6 Å². The van der Waals surface area contributed by atoms with E-state index >= 15 is 0 Å². The first-order chi connectivity index (χ1) is 12.5. The van der Waals surface area contributed by atoms with Crippen LogP contribution in [0.5, 0.6) is 0 Å². The summed E-state index contributed by atoms with van der Waals surface area (Å²) in [7, 11) is 0. The fourth-order valence-corrected chi connectivity index (χ4v) is 4.86. The van der Waals surface area contributed by atoms with Gasteiger partial charge in [-0.2, -0.15) is 0 Å². The summed E-state index contributed by atoms with van der Waals surface area (Å²) in [6.07, 6.45) is 1.78. The first-order valence-corrected chi connectivity index (χ1v) is 9.43. The monoisotopic (exact) mass is 355 g/mol. The lowest BCUT2D eigenvalue weighted by Crippen LogP contribution is -2.33. The summed E-state index contributed by atoms with van der Waals surface area (Å²) in [5, 5.41) is 21.4. The summed E-state index contributed by atoms with van der Waals surface area (Å²) >= 11 is 0. The summed E-state index contributed by atoms with van der Waals surface area (Å²) in [5.74, 6) is 0.697. The van der Waals surface area contributed by atoms with Gasteiger partial charge in [-0.3, -0.25) is 4.90 Å². The van der Waals surface area contributed by atoms with Gasteiger partial charge >= 0.3 is 0 Å². The molecular formula is C22H26FNO2. The van der Waals surface area contributed by atoms with E-state index in [2.05, 4.69) is 17.0 Å². The van der Waals surface area contributed by atoms with Crippen LogP contribution in [0, 0.1) is 17.7 Å². The number of rotatable bonds is 5. The second-order valence-corrected chi connectivity index (χ2v) is 8.10. The van der Waals surface area contributed by atoms with Crippen molar-refractivity contribution in [1.29, 1.82) is 0 Å². The standard InChI is InChI=1S/C22H26FNO2/c23-20-8-6-17(7-9-20)21(25)15-24-13-18-11-22(26,12-19(18)14-24)10-16-4-2-1-3-5-16/h1-9,18-19,21,25-26H,10-15H2/t18-,19+,21?,22-. The van der Waals surface area contributed by atoms with Crippen LogP contribution in [0.2, 0.25) is 0 Å². The Morgan fingerprint density at radius 3 is 2.23 bits per heavy atom. The largest absolute Gasteiger partial charge is 0.390 e. The van der Waals surface area contributed by atoms with Crippen LogP contribution in [-0.2, 0) is 6.42 Å². The molecule has 2 aromatic carbocycles. The van der Waals surface area contributed by atoms with Crippen LogP contribution in [0.4, 0.5) is 4.39 Å². The normalized spacial score (nSPS) is 29.7. The van der Waals surface area contributed by atoms with Crippen molar-refractivity contribution >= 4 is 0 Å². The summed E-state index contributed by atoms with van der Waals surface area (Å²) < 4.78 is 13.0. The van der Waals surface area contributed by atoms with Crippen LogP contribution in [-0.4, -0.2) is 40.3 Å². The highest BCUT2D eigenvalue weighted by Crippen LogP contribution is 2.45. The molecule has 138 valence electrons. The Bertz CT molecular complexity index is 720. The van der Waals surface area contributed by atoms with E-state index < -0.39 is 11.7 Å². The second kappa shape index (κ2) is 7.10. The van der Waals surface area contributed by atoms with E-state index in [1.165, 1.54) is 17.7 Å². The van der Waals surface area contributed by atoms with E-state index in [1.54, 1.807) is 12.1 Å². The zero-order valence-electron chi connectivity index (χ0n) is 14.9. The van der Waals surface area contributed by atoms with Crippen molar-refractivity contribution < 1.29 is 14.6 Å². The van der Waals surface area contributed by atoms with Crippen molar-refractivity contribution in [3.63, 3.8) is 0 Å². The van der Waals surface area contributed by atoms with Gasteiger partial charge in [-0.05, 0) is 47.9 Å². The van der Waals surface area contributed by atoms with Gasteiger partial charge < -0.3 is 10.2 Å². The van der Waals surface area contributed by atoms with Crippen LogP contribution in [0.3, 0.4) is 0 Å². The lowest BCUT2D eigenvalue weighted by atomic mass is 9.91. The number of aliphatic hydroxyl groups excluding tert-OH is 1. The maximum atomic E-state index is 13.0. The Labute approximate surface area is 154 Å². The number of hydrogen-bond donors (Lipinski definition) is 2. The molecule has 1 saturated carbocycles. The molecule has 0 spiro atoms. The molecule has 3 nitrogen and oxygen atoms in total. The molecule has 4 atom stereocenters. The van der Waals surface area contributed by atoms with Gasteiger partial charge in [-0.25, -0.2) is 4.39 Å². The van der Waals surface area contributed by atoms with Gasteiger partial charge in [0.15, 0.2) is 0 Å². The molecule has 1 heterocycles. The molecule has 0 amide bonds. The van der Waals surface area contributed by atoms with Crippen molar-refractivity contribution in [2.45, 2.75) is 31.0 Å². The molecule has 2 aliphatic rings. The zero-order valence-corrected chi connectivity index (χ0v) is 14.9. The number of aliphatic hydroxyl groups is 2. The highest BCUT2D eigenvalue weighted by Gasteiger charge is 2.48. The lowest BCUT2D eigenvalue weighted by molar-refractivity contribution is 0.0328. The van der Waals surface area contributed by atoms with E-state index in [4.69, 9.17) is 0 Å². The van der Waals surface area contributed by atoms with Gasteiger partial charge in [0.05, 0.1) is 11.7 Å². The number of hydrogen-bond acceptors (Lipinski definition) is 3. The Hall–Kier alpha value is -1.75. The molecule has 1 aliphatic carbocycles. The third-order valence-corrected chi connectivity index (χ3v) is 6.00. The molecule has 26 heavy (non-hydrogen) atoms. The lowest BCUT2D eigenvalue weighted by Gasteiger charge is -2.27. The van der Waals surface area contributed by atoms with Gasteiger partial charge in [0.2, 0.25) is 0 Å². The molecular weight excluding hydrogens is 329 g/mol. The Kier molecular flexibility index (Phi) is 4.82.